The Hall–Kier alpha value is -0.120. The van der Waals surface area contributed by atoms with Crippen LogP contribution >= 0.6 is 0 Å². The maximum Gasteiger partial charge on any atom is 0.100 e. The third kappa shape index (κ3) is 3.70. The van der Waals surface area contributed by atoms with E-state index < -0.39 is 0 Å². The molecular formula is C8H18N2O. The predicted octanol–water partition coefficient (Wildman–Crippen LogP) is 0.623. The molecular weight excluding hydrogens is 140 g/mol. The van der Waals surface area contributed by atoms with E-state index in [0.717, 1.165) is 33.1 Å². The van der Waals surface area contributed by atoms with Crippen molar-refractivity contribution in [2.45, 2.75) is 19.8 Å². The highest BCUT2D eigenvalue weighted by molar-refractivity contribution is 4.61. The second-order valence-corrected chi connectivity index (χ2v) is 2.94. The third-order valence-corrected chi connectivity index (χ3v) is 1.86. The lowest BCUT2D eigenvalue weighted by Crippen LogP contribution is -2.25. The molecule has 0 aromatic heterocycles. The van der Waals surface area contributed by atoms with E-state index in [1.54, 1.807) is 0 Å². The summed E-state index contributed by atoms with van der Waals surface area (Å²) in [5.41, 5.74) is 0. The minimum Gasteiger partial charge on any atom is -0.366 e. The molecule has 1 aliphatic rings. The van der Waals surface area contributed by atoms with Crippen molar-refractivity contribution < 1.29 is 4.74 Å². The molecule has 66 valence electrons. The average Bonchev–Trinajstić information content (AvgIpc) is 2.50. The average molecular weight is 158 g/mol. The molecule has 0 aliphatic carbocycles. The van der Waals surface area contributed by atoms with E-state index in [1.807, 2.05) is 0 Å². The molecule has 11 heavy (non-hydrogen) atoms. The van der Waals surface area contributed by atoms with Gasteiger partial charge in [0.15, 0.2) is 0 Å². The summed E-state index contributed by atoms with van der Waals surface area (Å²) >= 11 is 0. The number of rotatable bonds is 5. The Bertz CT molecular complexity index is 92.1. The molecule has 1 rings (SSSR count). The molecule has 0 saturated carbocycles. The second kappa shape index (κ2) is 5.52. The van der Waals surface area contributed by atoms with E-state index >= 15 is 0 Å². The first kappa shape index (κ1) is 8.97. The van der Waals surface area contributed by atoms with E-state index in [2.05, 4.69) is 17.1 Å². The van der Waals surface area contributed by atoms with Gasteiger partial charge in [0.2, 0.25) is 0 Å². The summed E-state index contributed by atoms with van der Waals surface area (Å²) in [5.74, 6) is 0. The molecule has 0 aromatic carbocycles. The lowest BCUT2D eigenvalue weighted by molar-refractivity contribution is 0.0397. The Kier molecular flexibility index (Phi) is 4.50. The summed E-state index contributed by atoms with van der Waals surface area (Å²) in [6, 6.07) is 0. The molecule has 3 heteroatoms. The van der Waals surface area contributed by atoms with Gasteiger partial charge in [-0.15, -0.1) is 0 Å². The number of ether oxygens (including phenoxy) is 1. The van der Waals surface area contributed by atoms with Crippen LogP contribution in [-0.2, 0) is 4.74 Å². The van der Waals surface area contributed by atoms with Crippen LogP contribution in [0.2, 0.25) is 0 Å². The second-order valence-electron chi connectivity index (χ2n) is 2.94. The van der Waals surface area contributed by atoms with Crippen LogP contribution in [0.15, 0.2) is 0 Å². The maximum atomic E-state index is 5.44. The van der Waals surface area contributed by atoms with Crippen molar-refractivity contribution in [2.24, 2.45) is 0 Å². The molecule has 1 saturated heterocycles. The van der Waals surface area contributed by atoms with Gasteiger partial charge >= 0.3 is 0 Å². The largest absolute Gasteiger partial charge is 0.366 e. The van der Waals surface area contributed by atoms with Gasteiger partial charge in [0.25, 0.3) is 0 Å². The zero-order valence-corrected chi connectivity index (χ0v) is 7.31. The van der Waals surface area contributed by atoms with Crippen molar-refractivity contribution in [2.75, 3.05) is 33.1 Å². The van der Waals surface area contributed by atoms with E-state index in [4.69, 9.17) is 4.74 Å². The quantitative estimate of drug-likeness (QED) is 0.594. The summed E-state index contributed by atoms with van der Waals surface area (Å²) in [5, 5.41) is 3.26. The number of hydrogen-bond acceptors (Lipinski definition) is 3. The molecule has 0 spiro atoms. The fourth-order valence-corrected chi connectivity index (χ4v) is 1.10. The number of hydrogen-bond donors (Lipinski definition) is 1. The van der Waals surface area contributed by atoms with Crippen LogP contribution in [0.25, 0.3) is 0 Å². The molecule has 1 aliphatic heterocycles. The van der Waals surface area contributed by atoms with Gasteiger partial charge in [0, 0.05) is 19.7 Å². The Morgan fingerprint density at radius 2 is 2.45 bits per heavy atom. The van der Waals surface area contributed by atoms with E-state index in [9.17, 15) is 0 Å². The molecule has 1 N–H and O–H groups in total. The maximum absolute atomic E-state index is 5.44. The van der Waals surface area contributed by atoms with Gasteiger partial charge < -0.3 is 10.1 Å². The van der Waals surface area contributed by atoms with Gasteiger partial charge in [-0.1, -0.05) is 13.3 Å². The topological polar surface area (TPSA) is 24.5 Å². The summed E-state index contributed by atoms with van der Waals surface area (Å²) < 4.78 is 5.44. The lowest BCUT2D eigenvalue weighted by atomic mass is 10.4. The summed E-state index contributed by atoms with van der Waals surface area (Å²) in [4.78, 5) is 2.27. The summed E-state index contributed by atoms with van der Waals surface area (Å²) in [7, 11) is 0. The van der Waals surface area contributed by atoms with Crippen LogP contribution in [0.1, 0.15) is 19.8 Å². The molecule has 0 atom stereocenters. The Morgan fingerprint density at radius 3 is 3.09 bits per heavy atom. The van der Waals surface area contributed by atoms with E-state index in [-0.39, 0.29) is 0 Å². The van der Waals surface area contributed by atoms with Crippen LogP contribution in [0.4, 0.5) is 0 Å². The SMILES string of the molecule is CCCCOCN1CCNC1. The van der Waals surface area contributed by atoms with Gasteiger partial charge in [-0.2, -0.15) is 0 Å². The van der Waals surface area contributed by atoms with Gasteiger partial charge in [-0.05, 0) is 6.42 Å². The minimum absolute atomic E-state index is 0.799. The minimum atomic E-state index is 0.799. The van der Waals surface area contributed by atoms with Crippen LogP contribution in [0.3, 0.4) is 0 Å². The number of nitrogens with zero attached hydrogens (tertiary/aromatic N) is 1. The van der Waals surface area contributed by atoms with Gasteiger partial charge in [-0.25, -0.2) is 0 Å². The van der Waals surface area contributed by atoms with Crippen molar-refractivity contribution in [3.63, 3.8) is 0 Å². The first-order valence-corrected chi connectivity index (χ1v) is 4.44. The predicted molar refractivity (Wildman–Crippen MR) is 45.3 cm³/mol. The number of unbranched alkanes of at least 4 members (excludes halogenated alkanes) is 1. The highest BCUT2D eigenvalue weighted by Gasteiger charge is 2.08. The molecule has 0 amide bonds. The standard InChI is InChI=1S/C8H18N2O/c1-2-3-6-11-8-10-5-4-9-7-10/h9H,2-8H2,1H3. The molecule has 1 fully saturated rings. The Morgan fingerprint density at radius 1 is 1.55 bits per heavy atom. The smallest absolute Gasteiger partial charge is 0.100 e. The zero-order valence-electron chi connectivity index (χ0n) is 7.31. The molecule has 0 aromatic rings. The van der Waals surface area contributed by atoms with Crippen molar-refractivity contribution in [1.82, 2.24) is 10.2 Å². The molecule has 0 radical (unpaired) electrons. The number of nitrogens with one attached hydrogen (secondary N) is 1. The van der Waals surface area contributed by atoms with Crippen LogP contribution in [0, 0.1) is 0 Å². The van der Waals surface area contributed by atoms with Crippen LogP contribution in [-0.4, -0.2) is 38.0 Å². The van der Waals surface area contributed by atoms with Crippen molar-refractivity contribution in [1.29, 1.82) is 0 Å². The highest BCUT2D eigenvalue weighted by Crippen LogP contribution is 1.94. The fourth-order valence-electron chi connectivity index (χ4n) is 1.10. The van der Waals surface area contributed by atoms with Gasteiger partial charge in [0.1, 0.15) is 6.73 Å². The first-order chi connectivity index (χ1) is 5.43. The Balaban J connectivity index is 1.86. The normalized spacial score (nSPS) is 19.4. The molecule has 1 heterocycles. The molecule has 3 nitrogen and oxygen atoms in total. The van der Waals surface area contributed by atoms with Crippen molar-refractivity contribution >= 4 is 0 Å². The van der Waals surface area contributed by atoms with Crippen LogP contribution < -0.4 is 5.32 Å². The lowest BCUT2D eigenvalue weighted by Gasteiger charge is -2.13. The first-order valence-electron chi connectivity index (χ1n) is 4.44. The summed E-state index contributed by atoms with van der Waals surface area (Å²) in [6.45, 7) is 7.12. The monoisotopic (exact) mass is 158 g/mol. The molecule has 0 bridgehead atoms. The summed E-state index contributed by atoms with van der Waals surface area (Å²) in [6.07, 6.45) is 2.40. The van der Waals surface area contributed by atoms with Crippen molar-refractivity contribution in [3.8, 4) is 0 Å². The van der Waals surface area contributed by atoms with E-state index in [0.29, 0.717) is 0 Å². The third-order valence-electron chi connectivity index (χ3n) is 1.86. The van der Waals surface area contributed by atoms with Crippen LogP contribution in [0.5, 0.6) is 0 Å². The van der Waals surface area contributed by atoms with Crippen molar-refractivity contribution in [3.05, 3.63) is 0 Å². The Labute approximate surface area is 68.7 Å². The molecule has 0 unspecified atom stereocenters. The van der Waals surface area contributed by atoms with Gasteiger partial charge in [0.05, 0.1) is 6.67 Å². The zero-order chi connectivity index (χ0) is 7.94. The van der Waals surface area contributed by atoms with Gasteiger partial charge in [-0.3, -0.25) is 4.90 Å². The highest BCUT2D eigenvalue weighted by atomic mass is 16.5. The van der Waals surface area contributed by atoms with E-state index in [1.165, 1.54) is 12.8 Å². The fraction of sp³-hybridized carbons (Fsp3) is 1.00.